The molecule has 0 unspecified atom stereocenters. The molecule has 1 saturated carbocycles. The number of amides is 1. The van der Waals surface area contributed by atoms with E-state index in [1.54, 1.807) is 18.2 Å². The van der Waals surface area contributed by atoms with E-state index in [0.29, 0.717) is 22.2 Å². The first kappa shape index (κ1) is 15.6. The van der Waals surface area contributed by atoms with E-state index in [0.717, 1.165) is 12.8 Å². The lowest BCUT2D eigenvalue weighted by Gasteiger charge is -2.37. The number of benzene rings is 1. The minimum absolute atomic E-state index is 0.0319. The fraction of sp³-hybridized carbons (Fsp3) is 0.533. The van der Waals surface area contributed by atoms with Gasteiger partial charge in [0.15, 0.2) is 0 Å². The molecule has 1 aromatic carbocycles. The molecule has 0 radical (unpaired) electrons. The van der Waals surface area contributed by atoms with Crippen LogP contribution in [-0.4, -0.2) is 25.0 Å². The summed E-state index contributed by atoms with van der Waals surface area (Å²) in [7, 11) is 1.97. The van der Waals surface area contributed by atoms with Crippen LogP contribution in [0.2, 0.25) is 10.0 Å². The van der Waals surface area contributed by atoms with Gasteiger partial charge in [0.25, 0.3) is 5.91 Å². The maximum Gasteiger partial charge on any atom is 0.251 e. The van der Waals surface area contributed by atoms with E-state index < -0.39 is 0 Å². The summed E-state index contributed by atoms with van der Waals surface area (Å²) in [6.45, 7) is 0.641. The number of carbonyl (C=O) groups is 1. The molecule has 1 fully saturated rings. The Hall–Kier alpha value is -0.770. The second-order valence-electron chi connectivity index (χ2n) is 5.40. The standard InChI is InChI=1S/C15H20Cl2N2O/c1-18-15(7-3-2-4-8-15)10-19-14(20)11-5-6-12(16)13(17)9-11/h5-6,9,18H,2-4,7-8,10H2,1H3,(H,19,20). The molecule has 20 heavy (non-hydrogen) atoms. The van der Waals surface area contributed by atoms with Gasteiger partial charge in [-0.1, -0.05) is 42.5 Å². The third-order valence-electron chi connectivity index (χ3n) is 4.11. The Bertz CT molecular complexity index is 485. The summed E-state index contributed by atoms with van der Waals surface area (Å²) in [5.74, 6) is -0.108. The van der Waals surface area contributed by atoms with Gasteiger partial charge in [-0.3, -0.25) is 4.79 Å². The fourth-order valence-corrected chi connectivity index (χ4v) is 3.03. The first-order valence-corrected chi connectivity index (χ1v) is 7.74. The number of hydrogen-bond donors (Lipinski definition) is 2. The number of halogens is 2. The molecule has 0 saturated heterocycles. The van der Waals surface area contributed by atoms with Crippen LogP contribution >= 0.6 is 23.2 Å². The SMILES string of the molecule is CNC1(CNC(=O)c2ccc(Cl)c(Cl)c2)CCCCC1. The lowest BCUT2D eigenvalue weighted by Crippen LogP contribution is -2.53. The van der Waals surface area contributed by atoms with Crippen molar-refractivity contribution in [3.63, 3.8) is 0 Å². The van der Waals surface area contributed by atoms with Crippen LogP contribution in [0.1, 0.15) is 42.5 Å². The van der Waals surface area contributed by atoms with Crippen molar-refractivity contribution in [1.82, 2.24) is 10.6 Å². The minimum atomic E-state index is -0.108. The average molecular weight is 315 g/mol. The Balaban J connectivity index is 1.98. The summed E-state index contributed by atoms with van der Waals surface area (Å²) in [5.41, 5.74) is 0.575. The molecule has 0 aromatic heterocycles. The molecule has 5 heteroatoms. The number of likely N-dealkylation sites (N-methyl/N-ethyl adjacent to an activating group) is 1. The van der Waals surface area contributed by atoms with Crippen molar-refractivity contribution in [3.8, 4) is 0 Å². The molecule has 3 nitrogen and oxygen atoms in total. The fourth-order valence-electron chi connectivity index (χ4n) is 2.73. The normalized spacial score (nSPS) is 17.8. The van der Waals surface area contributed by atoms with Gasteiger partial charge in [-0.2, -0.15) is 0 Å². The molecule has 0 aliphatic heterocycles. The summed E-state index contributed by atoms with van der Waals surface area (Å²) in [6.07, 6.45) is 5.91. The Morgan fingerprint density at radius 1 is 1.20 bits per heavy atom. The van der Waals surface area contributed by atoms with E-state index in [1.807, 2.05) is 7.05 Å². The van der Waals surface area contributed by atoms with Crippen LogP contribution in [0.15, 0.2) is 18.2 Å². The van der Waals surface area contributed by atoms with Crippen LogP contribution < -0.4 is 10.6 Å². The average Bonchev–Trinajstić information content (AvgIpc) is 2.48. The van der Waals surface area contributed by atoms with Crippen molar-refractivity contribution in [2.24, 2.45) is 0 Å². The van der Waals surface area contributed by atoms with Crippen LogP contribution in [0.5, 0.6) is 0 Å². The molecule has 0 heterocycles. The van der Waals surface area contributed by atoms with Crippen LogP contribution in [0.25, 0.3) is 0 Å². The Kier molecular flexibility index (Phi) is 5.30. The minimum Gasteiger partial charge on any atom is -0.350 e. The number of nitrogens with one attached hydrogen (secondary N) is 2. The van der Waals surface area contributed by atoms with E-state index in [4.69, 9.17) is 23.2 Å². The van der Waals surface area contributed by atoms with Gasteiger partial charge in [-0.15, -0.1) is 0 Å². The molecular weight excluding hydrogens is 295 g/mol. The zero-order chi connectivity index (χ0) is 14.6. The third kappa shape index (κ3) is 3.66. The Morgan fingerprint density at radius 3 is 2.50 bits per heavy atom. The van der Waals surface area contributed by atoms with Gasteiger partial charge in [-0.05, 0) is 38.1 Å². The van der Waals surface area contributed by atoms with E-state index in [9.17, 15) is 4.79 Å². The monoisotopic (exact) mass is 314 g/mol. The van der Waals surface area contributed by atoms with Gasteiger partial charge in [0.05, 0.1) is 10.0 Å². The van der Waals surface area contributed by atoms with E-state index in [1.165, 1.54) is 19.3 Å². The van der Waals surface area contributed by atoms with Gasteiger partial charge in [-0.25, -0.2) is 0 Å². The van der Waals surface area contributed by atoms with Gasteiger partial charge in [0.1, 0.15) is 0 Å². The van der Waals surface area contributed by atoms with Crippen molar-refractivity contribution in [2.45, 2.75) is 37.6 Å². The van der Waals surface area contributed by atoms with Crippen molar-refractivity contribution in [1.29, 1.82) is 0 Å². The Morgan fingerprint density at radius 2 is 1.90 bits per heavy atom. The highest BCUT2D eigenvalue weighted by molar-refractivity contribution is 6.42. The number of carbonyl (C=O) groups excluding carboxylic acids is 1. The summed E-state index contributed by atoms with van der Waals surface area (Å²) in [4.78, 5) is 12.2. The van der Waals surface area contributed by atoms with Crippen molar-refractivity contribution < 1.29 is 4.79 Å². The number of hydrogen-bond acceptors (Lipinski definition) is 2. The van der Waals surface area contributed by atoms with Gasteiger partial charge < -0.3 is 10.6 Å². The van der Waals surface area contributed by atoms with E-state index >= 15 is 0 Å². The van der Waals surface area contributed by atoms with E-state index in [2.05, 4.69) is 10.6 Å². The summed E-state index contributed by atoms with van der Waals surface area (Å²) < 4.78 is 0. The maximum atomic E-state index is 12.2. The zero-order valence-electron chi connectivity index (χ0n) is 11.6. The predicted molar refractivity (Wildman–Crippen MR) is 83.7 cm³/mol. The molecule has 2 N–H and O–H groups in total. The molecular formula is C15H20Cl2N2O. The zero-order valence-corrected chi connectivity index (χ0v) is 13.2. The van der Waals surface area contributed by atoms with Crippen LogP contribution in [-0.2, 0) is 0 Å². The summed E-state index contributed by atoms with van der Waals surface area (Å²) >= 11 is 11.8. The Labute approximate surface area is 130 Å². The maximum absolute atomic E-state index is 12.2. The highest BCUT2D eigenvalue weighted by atomic mass is 35.5. The van der Waals surface area contributed by atoms with Crippen molar-refractivity contribution >= 4 is 29.1 Å². The lowest BCUT2D eigenvalue weighted by molar-refractivity contribution is 0.0931. The van der Waals surface area contributed by atoms with Crippen LogP contribution in [0.4, 0.5) is 0 Å². The van der Waals surface area contributed by atoms with Crippen molar-refractivity contribution in [2.75, 3.05) is 13.6 Å². The number of rotatable bonds is 4. The topological polar surface area (TPSA) is 41.1 Å². The van der Waals surface area contributed by atoms with E-state index in [-0.39, 0.29) is 11.4 Å². The molecule has 110 valence electrons. The third-order valence-corrected chi connectivity index (χ3v) is 4.85. The summed E-state index contributed by atoms with van der Waals surface area (Å²) in [6, 6.07) is 4.94. The highest BCUT2D eigenvalue weighted by Gasteiger charge is 2.30. The molecule has 2 rings (SSSR count). The molecule has 1 aromatic rings. The van der Waals surface area contributed by atoms with Gasteiger partial charge >= 0.3 is 0 Å². The molecule has 0 atom stereocenters. The summed E-state index contributed by atoms with van der Waals surface area (Å²) in [5, 5.41) is 7.25. The highest BCUT2D eigenvalue weighted by Crippen LogP contribution is 2.27. The van der Waals surface area contributed by atoms with Crippen LogP contribution in [0.3, 0.4) is 0 Å². The first-order chi connectivity index (χ1) is 9.56. The van der Waals surface area contributed by atoms with Crippen LogP contribution in [0, 0.1) is 0 Å². The predicted octanol–water partition coefficient (Wildman–Crippen LogP) is 3.65. The van der Waals surface area contributed by atoms with Gasteiger partial charge in [0, 0.05) is 17.6 Å². The lowest BCUT2D eigenvalue weighted by atomic mass is 9.81. The second kappa shape index (κ2) is 6.79. The van der Waals surface area contributed by atoms with Crippen molar-refractivity contribution in [3.05, 3.63) is 33.8 Å². The molecule has 0 bridgehead atoms. The first-order valence-electron chi connectivity index (χ1n) is 6.98. The molecule has 1 aliphatic carbocycles. The smallest absolute Gasteiger partial charge is 0.251 e. The quantitative estimate of drug-likeness (QED) is 0.890. The molecule has 1 amide bonds. The largest absolute Gasteiger partial charge is 0.350 e. The second-order valence-corrected chi connectivity index (χ2v) is 6.22. The molecule has 0 spiro atoms. The molecule has 1 aliphatic rings. The van der Waals surface area contributed by atoms with Gasteiger partial charge in [0.2, 0.25) is 0 Å².